The maximum atomic E-state index is 12.3. The standard InChI is InChI=1S/C22H16ClN3O4/c23-14-5-3-13(4-6-14)18-11-20(30-12-21(24)27)16-10-15(7-8-17(16)26-18)25-22(28)19-2-1-9-29-19/h1-11H,12H2,(H2,24,27)(H,25,28). The molecule has 4 aromatic rings. The highest BCUT2D eigenvalue weighted by atomic mass is 35.5. The zero-order valence-corrected chi connectivity index (χ0v) is 16.3. The van der Waals surface area contributed by atoms with Gasteiger partial charge in [-0.1, -0.05) is 23.7 Å². The number of carbonyl (C=O) groups excluding carboxylic acids is 2. The van der Waals surface area contributed by atoms with Gasteiger partial charge >= 0.3 is 0 Å². The number of furan rings is 1. The number of nitrogens with zero attached hydrogens (tertiary/aromatic N) is 1. The van der Waals surface area contributed by atoms with Crippen molar-refractivity contribution < 1.29 is 18.7 Å². The van der Waals surface area contributed by atoms with Gasteiger partial charge in [-0.2, -0.15) is 0 Å². The normalized spacial score (nSPS) is 10.7. The molecule has 150 valence electrons. The number of rotatable bonds is 6. The monoisotopic (exact) mass is 421 g/mol. The van der Waals surface area contributed by atoms with Crippen LogP contribution in [0.15, 0.2) is 71.3 Å². The number of anilines is 1. The van der Waals surface area contributed by atoms with Crippen LogP contribution in [-0.2, 0) is 4.79 Å². The molecule has 2 aromatic carbocycles. The van der Waals surface area contributed by atoms with E-state index in [-0.39, 0.29) is 18.3 Å². The molecule has 0 fully saturated rings. The lowest BCUT2D eigenvalue weighted by Crippen LogP contribution is -2.20. The van der Waals surface area contributed by atoms with Crippen molar-refractivity contribution >= 4 is 40.0 Å². The Balaban J connectivity index is 1.74. The second-order valence-corrected chi connectivity index (χ2v) is 6.87. The van der Waals surface area contributed by atoms with Crippen LogP contribution in [0.2, 0.25) is 5.02 Å². The summed E-state index contributed by atoms with van der Waals surface area (Å²) in [4.78, 5) is 28.2. The van der Waals surface area contributed by atoms with Crippen LogP contribution in [-0.4, -0.2) is 23.4 Å². The Labute approximate surface area is 176 Å². The van der Waals surface area contributed by atoms with Crippen molar-refractivity contribution in [3.8, 4) is 17.0 Å². The first kappa shape index (κ1) is 19.5. The SMILES string of the molecule is NC(=O)COc1cc(-c2ccc(Cl)cc2)nc2ccc(NC(=O)c3ccco3)cc12. The molecule has 0 saturated carbocycles. The molecule has 0 atom stereocenters. The second kappa shape index (κ2) is 8.26. The number of carbonyl (C=O) groups is 2. The molecule has 30 heavy (non-hydrogen) atoms. The molecule has 0 saturated heterocycles. The molecular formula is C22H16ClN3O4. The smallest absolute Gasteiger partial charge is 0.291 e. The van der Waals surface area contributed by atoms with E-state index in [1.54, 1.807) is 48.5 Å². The molecule has 0 unspecified atom stereocenters. The van der Waals surface area contributed by atoms with Gasteiger partial charge in [-0.15, -0.1) is 0 Å². The number of benzene rings is 2. The van der Waals surface area contributed by atoms with E-state index >= 15 is 0 Å². The quantitative estimate of drug-likeness (QED) is 0.483. The van der Waals surface area contributed by atoms with E-state index in [1.165, 1.54) is 6.26 Å². The zero-order valence-electron chi connectivity index (χ0n) is 15.6. The van der Waals surface area contributed by atoms with Gasteiger partial charge in [-0.05, 0) is 42.5 Å². The molecule has 0 radical (unpaired) electrons. The first-order chi connectivity index (χ1) is 14.5. The number of aromatic nitrogens is 1. The summed E-state index contributed by atoms with van der Waals surface area (Å²) in [5.74, 6) is -0.380. The lowest BCUT2D eigenvalue weighted by atomic mass is 10.1. The number of amides is 2. The van der Waals surface area contributed by atoms with E-state index < -0.39 is 5.91 Å². The van der Waals surface area contributed by atoms with Crippen molar-refractivity contribution in [2.24, 2.45) is 5.73 Å². The summed E-state index contributed by atoms with van der Waals surface area (Å²) < 4.78 is 10.7. The van der Waals surface area contributed by atoms with Crippen LogP contribution >= 0.6 is 11.6 Å². The minimum absolute atomic E-state index is 0.191. The molecular weight excluding hydrogens is 406 g/mol. The fourth-order valence-corrected chi connectivity index (χ4v) is 3.04. The van der Waals surface area contributed by atoms with Crippen molar-refractivity contribution in [3.63, 3.8) is 0 Å². The van der Waals surface area contributed by atoms with Crippen LogP contribution in [0.1, 0.15) is 10.6 Å². The highest BCUT2D eigenvalue weighted by Crippen LogP contribution is 2.32. The fourth-order valence-electron chi connectivity index (χ4n) is 2.91. The summed E-state index contributed by atoms with van der Waals surface area (Å²) >= 11 is 5.97. The van der Waals surface area contributed by atoms with Gasteiger partial charge in [0.25, 0.3) is 11.8 Å². The maximum Gasteiger partial charge on any atom is 0.291 e. The average molecular weight is 422 g/mol. The Morgan fingerprint density at radius 1 is 1.10 bits per heavy atom. The summed E-state index contributed by atoms with van der Waals surface area (Å²) in [6, 6.07) is 17.3. The van der Waals surface area contributed by atoms with Crippen LogP contribution in [0.4, 0.5) is 5.69 Å². The average Bonchev–Trinajstić information content (AvgIpc) is 3.27. The summed E-state index contributed by atoms with van der Waals surface area (Å²) in [5.41, 5.74) is 7.86. The van der Waals surface area contributed by atoms with Gasteiger partial charge in [-0.25, -0.2) is 4.98 Å². The van der Waals surface area contributed by atoms with E-state index in [9.17, 15) is 9.59 Å². The Morgan fingerprint density at radius 2 is 1.90 bits per heavy atom. The number of nitrogens with two attached hydrogens (primary N) is 1. The summed E-state index contributed by atoms with van der Waals surface area (Å²) in [5, 5.41) is 3.99. The molecule has 0 spiro atoms. The highest BCUT2D eigenvalue weighted by molar-refractivity contribution is 6.30. The Morgan fingerprint density at radius 3 is 2.60 bits per heavy atom. The topological polar surface area (TPSA) is 107 Å². The Kier molecular flexibility index (Phi) is 5.36. The zero-order chi connectivity index (χ0) is 21.1. The highest BCUT2D eigenvalue weighted by Gasteiger charge is 2.13. The minimum Gasteiger partial charge on any atom is -0.483 e. The number of pyridine rings is 1. The molecule has 2 aromatic heterocycles. The largest absolute Gasteiger partial charge is 0.483 e. The third kappa shape index (κ3) is 4.26. The number of hydrogen-bond donors (Lipinski definition) is 2. The number of halogens is 1. The molecule has 3 N–H and O–H groups in total. The van der Waals surface area contributed by atoms with Crippen molar-refractivity contribution in [1.29, 1.82) is 0 Å². The molecule has 0 aliphatic rings. The summed E-state index contributed by atoms with van der Waals surface area (Å²) in [6.07, 6.45) is 1.42. The third-order valence-electron chi connectivity index (χ3n) is 4.28. The van der Waals surface area contributed by atoms with Crippen LogP contribution in [0, 0.1) is 0 Å². The molecule has 0 bridgehead atoms. The van der Waals surface area contributed by atoms with Crippen LogP contribution in [0.3, 0.4) is 0 Å². The van der Waals surface area contributed by atoms with Crippen molar-refractivity contribution in [1.82, 2.24) is 4.98 Å². The van der Waals surface area contributed by atoms with Crippen molar-refractivity contribution in [3.05, 3.63) is 77.7 Å². The number of hydrogen-bond acceptors (Lipinski definition) is 5. The molecule has 0 aliphatic carbocycles. The van der Waals surface area contributed by atoms with Gasteiger partial charge in [0, 0.05) is 27.7 Å². The summed E-state index contributed by atoms with van der Waals surface area (Å²) in [6.45, 7) is -0.290. The van der Waals surface area contributed by atoms with Gasteiger partial charge in [0.05, 0.1) is 17.5 Å². The van der Waals surface area contributed by atoms with E-state index in [2.05, 4.69) is 10.3 Å². The van der Waals surface area contributed by atoms with Crippen LogP contribution < -0.4 is 15.8 Å². The molecule has 0 aliphatic heterocycles. The van der Waals surface area contributed by atoms with Crippen molar-refractivity contribution in [2.45, 2.75) is 0 Å². The lowest BCUT2D eigenvalue weighted by molar-refractivity contribution is -0.119. The first-order valence-corrected chi connectivity index (χ1v) is 9.34. The Hall–Kier alpha value is -3.84. The predicted molar refractivity (Wildman–Crippen MR) is 114 cm³/mol. The van der Waals surface area contributed by atoms with Gasteiger partial charge in [0.1, 0.15) is 5.75 Å². The number of primary amides is 1. The molecule has 2 heterocycles. The number of ether oxygens (including phenoxy) is 1. The van der Waals surface area contributed by atoms with Gasteiger partial charge in [-0.3, -0.25) is 9.59 Å². The lowest BCUT2D eigenvalue weighted by Gasteiger charge is -2.12. The van der Waals surface area contributed by atoms with E-state index in [1.807, 2.05) is 12.1 Å². The molecule has 7 nitrogen and oxygen atoms in total. The van der Waals surface area contributed by atoms with Gasteiger partial charge < -0.3 is 20.2 Å². The molecule has 4 rings (SSSR count). The number of fused-ring (bicyclic) bond motifs is 1. The van der Waals surface area contributed by atoms with Crippen LogP contribution in [0.25, 0.3) is 22.2 Å². The van der Waals surface area contributed by atoms with Gasteiger partial charge in [0.2, 0.25) is 0 Å². The Bertz CT molecular complexity index is 1220. The van der Waals surface area contributed by atoms with E-state index in [0.717, 1.165) is 5.56 Å². The maximum absolute atomic E-state index is 12.3. The third-order valence-corrected chi connectivity index (χ3v) is 4.54. The second-order valence-electron chi connectivity index (χ2n) is 6.43. The molecule has 8 heteroatoms. The van der Waals surface area contributed by atoms with Crippen LogP contribution in [0.5, 0.6) is 5.75 Å². The van der Waals surface area contributed by atoms with Crippen molar-refractivity contribution in [2.75, 3.05) is 11.9 Å². The first-order valence-electron chi connectivity index (χ1n) is 8.96. The van der Waals surface area contributed by atoms with E-state index in [4.69, 9.17) is 26.5 Å². The molecule has 2 amide bonds. The number of nitrogens with one attached hydrogen (secondary N) is 1. The van der Waals surface area contributed by atoms with E-state index in [0.29, 0.717) is 33.1 Å². The minimum atomic E-state index is -0.602. The fraction of sp³-hybridized carbons (Fsp3) is 0.0455. The summed E-state index contributed by atoms with van der Waals surface area (Å²) in [7, 11) is 0. The predicted octanol–water partition coefficient (Wildman–Crippen LogP) is 4.26. The van der Waals surface area contributed by atoms with Gasteiger partial charge in [0.15, 0.2) is 12.4 Å².